The van der Waals surface area contributed by atoms with Crippen LogP contribution in [0.25, 0.3) is 0 Å². The van der Waals surface area contributed by atoms with E-state index in [0.717, 1.165) is 30.0 Å². The maximum atomic E-state index is 13.1. The predicted molar refractivity (Wildman–Crippen MR) is 112 cm³/mol. The molecule has 0 aromatic heterocycles. The van der Waals surface area contributed by atoms with E-state index < -0.39 is 0 Å². The van der Waals surface area contributed by atoms with E-state index in [1.54, 1.807) is 0 Å². The van der Waals surface area contributed by atoms with Crippen molar-refractivity contribution in [1.82, 2.24) is 10.6 Å². The number of piperidine rings is 1. The second-order valence-corrected chi connectivity index (χ2v) is 7.98. The van der Waals surface area contributed by atoms with Crippen molar-refractivity contribution in [1.29, 1.82) is 0 Å². The molecule has 1 aliphatic heterocycles. The molecule has 1 aliphatic rings. The zero-order valence-electron chi connectivity index (χ0n) is 14.7. The standard InChI is InChI=1S/C20H23ClN2OS.ClH/c1-14-13-22-12-11-17(14)23-20(24)19(15-7-3-2-4-8-15)25-18-10-6-5-9-16(18)21;/h2-10,14,17,19,22H,11-13H2,1H3,(H,23,24);1H. The summed E-state index contributed by atoms with van der Waals surface area (Å²) >= 11 is 7.82. The summed E-state index contributed by atoms with van der Waals surface area (Å²) in [4.78, 5) is 14.0. The van der Waals surface area contributed by atoms with Crippen LogP contribution in [0.1, 0.15) is 24.2 Å². The summed E-state index contributed by atoms with van der Waals surface area (Å²) in [6.07, 6.45) is 0.963. The molecule has 0 radical (unpaired) electrons. The van der Waals surface area contributed by atoms with Gasteiger partial charge in [0.2, 0.25) is 5.91 Å². The fourth-order valence-electron chi connectivity index (χ4n) is 3.05. The quantitative estimate of drug-likeness (QED) is 0.701. The van der Waals surface area contributed by atoms with Gasteiger partial charge in [0.1, 0.15) is 5.25 Å². The number of carbonyl (C=O) groups excluding carboxylic acids is 1. The van der Waals surface area contributed by atoms with Gasteiger partial charge in [-0.05, 0) is 43.1 Å². The molecule has 0 bridgehead atoms. The lowest BCUT2D eigenvalue weighted by molar-refractivity contribution is -0.121. The number of rotatable bonds is 5. The van der Waals surface area contributed by atoms with E-state index in [1.807, 2.05) is 54.6 Å². The summed E-state index contributed by atoms with van der Waals surface area (Å²) in [6.45, 7) is 4.07. The molecule has 0 aliphatic carbocycles. The summed E-state index contributed by atoms with van der Waals surface area (Å²) in [5.41, 5.74) is 0.992. The minimum Gasteiger partial charge on any atom is -0.352 e. The van der Waals surface area contributed by atoms with Crippen molar-refractivity contribution in [3.05, 3.63) is 65.2 Å². The number of carbonyl (C=O) groups is 1. The molecule has 3 unspecified atom stereocenters. The van der Waals surface area contributed by atoms with Gasteiger partial charge < -0.3 is 10.6 Å². The molecule has 1 amide bonds. The summed E-state index contributed by atoms with van der Waals surface area (Å²) < 4.78 is 0. The third-order valence-electron chi connectivity index (χ3n) is 4.53. The number of hydrogen-bond acceptors (Lipinski definition) is 3. The zero-order chi connectivity index (χ0) is 17.6. The van der Waals surface area contributed by atoms with E-state index in [1.165, 1.54) is 11.8 Å². The maximum Gasteiger partial charge on any atom is 0.238 e. The van der Waals surface area contributed by atoms with Crippen LogP contribution in [0.4, 0.5) is 0 Å². The summed E-state index contributed by atoms with van der Waals surface area (Å²) in [5.74, 6) is 0.481. The molecule has 2 aromatic rings. The SMILES string of the molecule is CC1CNCCC1NC(=O)C(Sc1ccccc1Cl)c1ccccc1.Cl. The van der Waals surface area contributed by atoms with Crippen LogP contribution in [0.15, 0.2) is 59.5 Å². The van der Waals surface area contributed by atoms with Crippen LogP contribution in [-0.2, 0) is 4.79 Å². The highest BCUT2D eigenvalue weighted by atomic mass is 35.5. The van der Waals surface area contributed by atoms with Crippen LogP contribution in [-0.4, -0.2) is 25.0 Å². The third kappa shape index (κ3) is 5.40. The summed E-state index contributed by atoms with van der Waals surface area (Å²) in [7, 11) is 0. The van der Waals surface area contributed by atoms with E-state index in [9.17, 15) is 4.79 Å². The lowest BCUT2D eigenvalue weighted by Gasteiger charge is -2.31. The van der Waals surface area contributed by atoms with Crippen LogP contribution in [0.2, 0.25) is 5.02 Å². The number of halogens is 2. The van der Waals surface area contributed by atoms with E-state index in [0.29, 0.717) is 10.9 Å². The Morgan fingerprint density at radius 2 is 1.88 bits per heavy atom. The van der Waals surface area contributed by atoms with Gasteiger partial charge in [0.25, 0.3) is 0 Å². The van der Waals surface area contributed by atoms with Gasteiger partial charge in [-0.2, -0.15) is 0 Å². The predicted octanol–water partition coefficient (Wildman–Crippen LogP) is 4.71. The van der Waals surface area contributed by atoms with Crippen molar-refractivity contribution >= 4 is 41.7 Å². The summed E-state index contributed by atoms with van der Waals surface area (Å²) in [6, 6.07) is 17.8. The number of nitrogens with one attached hydrogen (secondary N) is 2. The van der Waals surface area contributed by atoms with E-state index in [-0.39, 0.29) is 29.6 Å². The zero-order valence-corrected chi connectivity index (χ0v) is 17.0. The van der Waals surface area contributed by atoms with Crippen molar-refractivity contribution < 1.29 is 4.79 Å². The van der Waals surface area contributed by atoms with Gasteiger partial charge >= 0.3 is 0 Å². The maximum absolute atomic E-state index is 13.1. The fourth-order valence-corrected chi connectivity index (χ4v) is 4.38. The Hall–Kier alpha value is -1.20. The Morgan fingerprint density at radius 1 is 1.19 bits per heavy atom. The smallest absolute Gasteiger partial charge is 0.238 e. The van der Waals surface area contributed by atoms with Crippen molar-refractivity contribution in [2.75, 3.05) is 13.1 Å². The molecule has 1 heterocycles. The van der Waals surface area contributed by atoms with Gasteiger partial charge in [-0.1, -0.05) is 61.0 Å². The van der Waals surface area contributed by atoms with Gasteiger partial charge in [-0.3, -0.25) is 4.79 Å². The first kappa shape index (κ1) is 21.1. The Labute approximate surface area is 170 Å². The molecule has 0 saturated carbocycles. The number of hydrogen-bond donors (Lipinski definition) is 2. The minimum atomic E-state index is -0.316. The van der Waals surface area contributed by atoms with Crippen LogP contribution < -0.4 is 10.6 Å². The van der Waals surface area contributed by atoms with E-state index >= 15 is 0 Å². The van der Waals surface area contributed by atoms with E-state index in [2.05, 4.69) is 17.6 Å². The third-order valence-corrected chi connectivity index (χ3v) is 6.31. The van der Waals surface area contributed by atoms with E-state index in [4.69, 9.17) is 11.6 Å². The normalized spacial score (nSPS) is 20.7. The second kappa shape index (κ2) is 10.2. The van der Waals surface area contributed by atoms with Gasteiger partial charge in [-0.15, -0.1) is 24.2 Å². The average Bonchev–Trinajstić information content (AvgIpc) is 2.63. The lowest BCUT2D eigenvalue weighted by atomic mass is 9.95. The van der Waals surface area contributed by atoms with Crippen molar-refractivity contribution in [3.8, 4) is 0 Å². The molecule has 140 valence electrons. The lowest BCUT2D eigenvalue weighted by Crippen LogP contribution is -2.49. The van der Waals surface area contributed by atoms with Gasteiger partial charge in [0.15, 0.2) is 0 Å². The monoisotopic (exact) mass is 410 g/mol. The number of amides is 1. The first-order chi connectivity index (χ1) is 12.1. The van der Waals surface area contributed by atoms with Crippen LogP contribution in [0.3, 0.4) is 0 Å². The van der Waals surface area contributed by atoms with Crippen LogP contribution in [0.5, 0.6) is 0 Å². The number of benzene rings is 2. The molecule has 3 nitrogen and oxygen atoms in total. The highest BCUT2D eigenvalue weighted by Crippen LogP contribution is 2.39. The Morgan fingerprint density at radius 3 is 2.58 bits per heavy atom. The molecule has 2 aromatic carbocycles. The Balaban J connectivity index is 0.00000243. The average molecular weight is 411 g/mol. The Kier molecular flexibility index (Phi) is 8.29. The van der Waals surface area contributed by atoms with Crippen molar-refractivity contribution in [2.45, 2.75) is 29.5 Å². The first-order valence-electron chi connectivity index (χ1n) is 8.62. The molecule has 6 heteroatoms. The van der Waals surface area contributed by atoms with Crippen LogP contribution >= 0.6 is 35.8 Å². The van der Waals surface area contributed by atoms with Crippen LogP contribution in [0, 0.1) is 5.92 Å². The van der Waals surface area contributed by atoms with Crippen molar-refractivity contribution in [3.63, 3.8) is 0 Å². The number of thioether (sulfide) groups is 1. The minimum absolute atomic E-state index is 0. The Bertz CT molecular complexity index is 714. The van der Waals surface area contributed by atoms with Gasteiger partial charge in [0.05, 0.1) is 5.02 Å². The first-order valence-corrected chi connectivity index (χ1v) is 9.88. The topological polar surface area (TPSA) is 41.1 Å². The highest BCUT2D eigenvalue weighted by molar-refractivity contribution is 8.00. The molecule has 2 N–H and O–H groups in total. The fraction of sp³-hybridized carbons (Fsp3) is 0.350. The highest BCUT2D eigenvalue weighted by Gasteiger charge is 2.28. The molecular weight excluding hydrogens is 387 g/mol. The molecule has 3 rings (SSSR count). The van der Waals surface area contributed by atoms with Gasteiger partial charge in [0, 0.05) is 10.9 Å². The molecule has 0 spiro atoms. The molecule has 26 heavy (non-hydrogen) atoms. The molecule has 1 saturated heterocycles. The van der Waals surface area contributed by atoms with Crippen molar-refractivity contribution in [2.24, 2.45) is 5.92 Å². The molecule has 1 fully saturated rings. The second-order valence-electron chi connectivity index (χ2n) is 6.42. The molecule has 3 atom stereocenters. The largest absolute Gasteiger partial charge is 0.352 e. The summed E-state index contributed by atoms with van der Waals surface area (Å²) in [5, 5.41) is 7.00. The molecular formula is C20H24Cl2N2OS. The van der Waals surface area contributed by atoms with Gasteiger partial charge in [-0.25, -0.2) is 0 Å².